The maximum absolute atomic E-state index is 12.8. The van der Waals surface area contributed by atoms with E-state index in [2.05, 4.69) is 33.9 Å². The van der Waals surface area contributed by atoms with Gasteiger partial charge in [0.05, 0.1) is 4.92 Å². The van der Waals surface area contributed by atoms with Gasteiger partial charge < -0.3 is 20.0 Å². The lowest BCUT2D eigenvalue weighted by Gasteiger charge is -2.35. The van der Waals surface area contributed by atoms with Crippen molar-refractivity contribution in [1.82, 2.24) is 4.90 Å². The number of piperidine rings is 1. The summed E-state index contributed by atoms with van der Waals surface area (Å²) < 4.78 is 0. The maximum Gasteiger partial charge on any atom is 0.293 e. The molecule has 0 bridgehead atoms. The molecule has 1 amide bonds. The van der Waals surface area contributed by atoms with Gasteiger partial charge in [0.2, 0.25) is 0 Å². The van der Waals surface area contributed by atoms with Gasteiger partial charge in [0, 0.05) is 62.3 Å². The van der Waals surface area contributed by atoms with Gasteiger partial charge >= 0.3 is 0 Å². The number of carbonyl (C=O) groups excluding carboxylic acids is 1. The number of nitro groups is 1. The minimum atomic E-state index is -0.390. The van der Waals surface area contributed by atoms with E-state index in [1.54, 1.807) is 12.1 Å². The number of carbonyl (C=O) groups is 1. The van der Waals surface area contributed by atoms with Crippen LogP contribution in [0.5, 0.6) is 0 Å². The van der Waals surface area contributed by atoms with Gasteiger partial charge in [-0.3, -0.25) is 14.9 Å². The summed E-state index contributed by atoms with van der Waals surface area (Å²) in [5.74, 6) is 0.154. The maximum atomic E-state index is 12.8. The molecule has 176 valence electrons. The van der Waals surface area contributed by atoms with Crippen LogP contribution in [0.2, 0.25) is 0 Å². The lowest BCUT2D eigenvalue weighted by Crippen LogP contribution is -2.46. The Morgan fingerprint density at radius 1 is 1.06 bits per heavy atom. The first-order chi connectivity index (χ1) is 15.9. The molecule has 0 aromatic heterocycles. The Morgan fingerprint density at radius 3 is 2.42 bits per heavy atom. The molecule has 2 aliphatic heterocycles. The molecule has 0 saturated carbocycles. The van der Waals surface area contributed by atoms with E-state index in [9.17, 15) is 14.9 Å². The Bertz CT molecular complexity index is 986. The zero-order valence-electron chi connectivity index (χ0n) is 19.5. The Kier molecular flexibility index (Phi) is 7.13. The highest BCUT2D eigenvalue weighted by Crippen LogP contribution is 2.32. The van der Waals surface area contributed by atoms with Crippen LogP contribution < -0.4 is 15.1 Å². The third kappa shape index (κ3) is 5.45. The molecule has 0 radical (unpaired) electrons. The molecule has 1 atom stereocenters. The second-order valence-corrected chi connectivity index (χ2v) is 9.08. The first-order valence-electron chi connectivity index (χ1n) is 11.9. The molecule has 33 heavy (non-hydrogen) atoms. The summed E-state index contributed by atoms with van der Waals surface area (Å²) in [6.45, 7) is 11.1. The minimum absolute atomic E-state index is 0.0154. The summed E-state index contributed by atoms with van der Waals surface area (Å²) in [6.07, 6.45) is 2.16. The highest BCUT2D eigenvalue weighted by atomic mass is 16.6. The molecular formula is C25H33N5O3. The molecule has 2 aromatic rings. The number of benzene rings is 2. The van der Waals surface area contributed by atoms with Crippen LogP contribution in [0.1, 0.15) is 37.0 Å². The van der Waals surface area contributed by atoms with E-state index in [1.807, 2.05) is 24.3 Å². The van der Waals surface area contributed by atoms with Crippen LogP contribution in [-0.2, 0) is 0 Å². The number of nitrogens with one attached hydrogen (secondary N) is 1. The largest absolute Gasteiger partial charge is 0.369 e. The molecule has 2 heterocycles. The zero-order chi connectivity index (χ0) is 23.4. The van der Waals surface area contributed by atoms with Gasteiger partial charge in [-0.2, -0.15) is 0 Å². The number of hydrogen-bond donors (Lipinski definition) is 1. The first-order valence-corrected chi connectivity index (χ1v) is 11.9. The number of nitrogens with zero attached hydrogens (tertiary/aromatic N) is 4. The van der Waals surface area contributed by atoms with E-state index in [-0.39, 0.29) is 17.2 Å². The molecule has 2 aromatic carbocycles. The number of amides is 1. The standard InChI is InChI=1S/C25H33N5O3/c1-3-27-13-15-28(16-14-27)22-9-7-21(8-10-22)26-25(31)20-6-11-23(24(17-20)30(32)33)29-12-4-5-19(2)18-29/h6-11,17,19H,3-5,12-16,18H2,1-2H3,(H,26,31). The van der Waals surface area contributed by atoms with Gasteiger partial charge in [0.1, 0.15) is 5.69 Å². The highest BCUT2D eigenvalue weighted by Gasteiger charge is 2.25. The molecule has 1 unspecified atom stereocenters. The van der Waals surface area contributed by atoms with Crippen LogP contribution in [0.4, 0.5) is 22.7 Å². The second-order valence-electron chi connectivity index (χ2n) is 9.08. The third-order valence-electron chi connectivity index (χ3n) is 6.74. The highest BCUT2D eigenvalue weighted by molar-refractivity contribution is 6.05. The van der Waals surface area contributed by atoms with Crippen molar-refractivity contribution in [1.29, 1.82) is 0 Å². The first kappa shape index (κ1) is 23.0. The fourth-order valence-corrected chi connectivity index (χ4v) is 4.77. The Hall–Kier alpha value is -3.13. The van der Waals surface area contributed by atoms with E-state index in [1.165, 1.54) is 6.07 Å². The number of anilines is 3. The number of nitro benzene ring substituents is 1. The lowest BCUT2D eigenvalue weighted by molar-refractivity contribution is -0.384. The van der Waals surface area contributed by atoms with Crippen LogP contribution in [0.25, 0.3) is 0 Å². The van der Waals surface area contributed by atoms with E-state index < -0.39 is 4.92 Å². The van der Waals surface area contributed by atoms with Crippen LogP contribution in [-0.4, -0.2) is 61.5 Å². The molecule has 2 fully saturated rings. The fraction of sp³-hybridized carbons (Fsp3) is 0.480. The van der Waals surface area contributed by atoms with Gasteiger partial charge in [0.25, 0.3) is 11.6 Å². The fourth-order valence-electron chi connectivity index (χ4n) is 4.77. The van der Waals surface area contributed by atoms with E-state index in [4.69, 9.17) is 0 Å². The number of rotatable bonds is 6. The summed E-state index contributed by atoms with van der Waals surface area (Å²) in [5, 5.41) is 14.6. The predicted molar refractivity (Wildman–Crippen MR) is 132 cm³/mol. The van der Waals surface area contributed by atoms with E-state index in [0.717, 1.165) is 64.3 Å². The van der Waals surface area contributed by atoms with Crippen molar-refractivity contribution in [3.8, 4) is 0 Å². The second kappa shape index (κ2) is 10.2. The van der Waals surface area contributed by atoms with E-state index in [0.29, 0.717) is 17.3 Å². The summed E-state index contributed by atoms with van der Waals surface area (Å²) in [5.41, 5.74) is 2.68. The van der Waals surface area contributed by atoms with Crippen LogP contribution >= 0.6 is 0 Å². The molecule has 8 heteroatoms. The molecule has 0 spiro atoms. The molecule has 2 aliphatic rings. The van der Waals surface area contributed by atoms with Crippen LogP contribution in [0.15, 0.2) is 42.5 Å². The smallest absolute Gasteiger partial charge is 0.293 e. The number of likely N-dealkylation sites (N-methyl/N-ethyl adjacent to an activating group) is 1. The van der Waals surface area contributed by atoms with Gasteiger partial charge in [-0.15, -0.1) is 0 Å². The van der Waals surface area contributed by atoms with Crippen LogP contribution in [0.3, 0.4) is 0 Å². The Balaban J connectivity index is 1.44. The normalized spacial score (nSPS) is 19.4. The lowest BCUT2D eigenvalue weighted by atomic mass is 9.99. The molecular weight excluding hydrogens is 418 g/mol. The van der Waals surface area contributed by atoms with Crippen molar-refractivity contribution in [3.63, 3.8) is 0 Å². The number of piperazine rings is 1. The third-order valence-corrected chi connectivity index (χ3v) is 6.74. The van der Waals surface area contributed by atoms with Crippen molar-refractivity contribution in [3.05, 3.63) is 58.1 Å². The summed E-state index contributed by atoms with van der Waals surface area (Å²) in [7, 11) is 0. The molecule has 4 rings (SSSR count). The zero-order valence-corrected chi connectivity index (χ0v) is 19.5. The summed E-state index contributed by atoms with van der Waals surface area (Å²) in [6, 6.07) is 12.6. The Morgan fingerprint density at radius 2 is 1.79 bits per heavy atom. The van der Waals surface area contributed by atoms with Crippen molar-refractivity contribution in [2.24, 2.45) is 5.92 Å². The monoisotopic (exact) mass is 451 g/mol. The van der Waals surface area contributed by atoms with Gasteiger partial charge in [-0.05, 0) is 61.7 Å². The summed E-state index contributed by atoms with van der Waals surface area (Å²) >= 11 is 0. The quantitative estimate of drug-likeness (QED) is 0.523. The van der Waals surface area contributed by atoms with E-state index >= 15 is 0 Å². The van der Waals surface area contributed by atoms with Crippen molar-refractivity contribution >= 4 is 28.7 Å². The molecule has 2 saturated heterocycles. The minimum Gasteiger partial charge on any atom is -0.369 e. The predicted octanol–water partition coefficient (Wildman–Crippen LogP) is 4.23. The van der Waals surface area contributed by atoms with Gasteiger partial charge in [0.15, 0.2) is 0 Å². The average molecular weight is 452 g/mol. The Labute approximate surface area is 195 Å². The summed E-state index contributed by atoms with van der Waals surface area (Å²) in [4.78, 5) is 31.0. The molecule has 8 nitrogen and oxygen atoms in total. The van der Waals surface area contributed by atoms with Crippen molar-refractivity contribution < 1.29 is 9.72 Å². The number of hydrogen-bond acceptors (Lipinski definition) is 6. The van der Waals surface area contributed by atoms with Crippen molar-refractivity contribution in [2.45, 2.75) is 26.7 Å². The molecule has 0 aliphatic carbocycles. The molecule has 1 N–H and O–H groups in total. The topological polar surface area (TPSA) is 82.0 Å². The SMILES string of the molecule is CCN1CCN(c2ccc(NC(=O)c3ccc(N4CCCC(C)C4)c([N+](=O)[O-])c3)cc2)CC1. The van der Waals surface area contributed by atoms with Crippen LogP contribution in [0, 0.1) is 16.0 Å². The van der Waals surface area contributed by atoms with Crippen molar-refractivity contribution in [2.75, 3.05) is 60.9 Å². The van der Waals surface area contributed by atoms with Gasteiger partial charge in [-0.25, -0.2) is 0 Å². The average Bonchev–Trinajstić information content (AvgIpc) is 2.84. The van der Waals surface area contributed by atoms with Gasteiger partial charge in [-0.1, -0.05) is 13.8 Å².